The lowest BCUT2D eigenvalue weighted by molar-refractivity contribution is -0.385. The molecule has 3 aromatic carbocycles. The van der Waals surface area contributed by atoms with Crippen LogP contribution in [0.15, 0.2) is 83.0 Å². The van der Waals surface area contributed by atoms with Crippen molar-refractivity contribution in [2.24, 2.45) is 10.2 Å². The van der Waals surface area contributed by atoms with Gasteiger partial charge in [0.1, 0.15) is 0 Å². The fraction of sp³-hybridized carbons (Fsp3) is 0. The summed E-state index contributed by atoms with van der Waals surface area (Å²) < 4.78 is 0. The number of carbonyl (C=O) groups is 2. The molecule has 0 aromatic heterocycles. The zero-order chi connectivity index (χ0) is 24.5. The maximum Gasteiger partial charge on any atom is 0.278 e. The molecule has 0 heterocycles. The van der Waals surface area contributed by atoms with Crippen molar-refractivity contribution < 1.29 is 19.4 Å². The summed E-state index contributed by atoms with van der Waals surface area (Å²) in [7, 11) is 0. The second-order valence-electron chi connectivity index (χ2n) is 6.61. The molecule has 34 heavy (non-hydrogen) atoms. The molecule has 0 saturated carbocycles. The molecule has 0 aliphatic heterocycles. The number of nitro groups is 2. The fourth-order valence-electron chi connectivity index (χ4n) is 2.78. The number of nitro benzene ring substituents is 2. The third kappa shape index (κ3) is 5.91. The summed E-state index contributed by atoms with van der Waals surface area (Å²) in [6.07, 6.45) is 2.29. The van der Waals surface area contributed by atoms with Crippen LogP contribution < -0.4 is 10.9 Å². The molecule has 2 amide bonds. The van der Waals surface area contributed by atoms with Crippen LogP contribution in [0.5, 0.6) is 0 Å². The van der Waals surface area contributed by atoms with Crippen molar-refractivity contribution in [2.75, 3.05) is 0 Å². The molecular weight excluding hydrogens is 444 g/mol. The van der Waals surface area contributed by atoms with Crippen molar-refractivity contribution in [2.45, 2.75) is 0 Å². The van der Waals surface area contributed by atoms with E-state index in [0.29, 0.717) is 0 Å². The first kappa shape index (κ1) is 23.4. The molecule has 3 rings (SSSR count). The highest BCUT2D eigenvalue weighted by Gasteiger charge is 2.13. The third-order valence-electron chi connectivity index (χ3n) is 4.39. The van der Waals surface area contributed by atoms with E-state index in [1.165, 1.54) is 60.7 Å². The van der Waals surface area contributed by atoms with E-state index in [0.717, 1.165) is 12.4 Å². The molecule has 3 aromatic rings. The Bertz CT molecular complexity index is 1220. The number of hydrazone groups is 2. The minimum Gasteiger partial charge on any atom is -0.267 e. The van der Waals surface area contributed by atoms with Crippen molar-refractivity contribution in [3.63, 3.8) is 0 Å². The van der Waals surface area contributed by atoms with Crippen LogP contribution in [0.2, 0.25) is 0 Å². The molecule has 2 N–H and O–H groups in total. The smallest absolute Gasteiger partial charge is 0.267 e. The van der Waals surface area contributed by atoms with Crippen LogP contribution in [0.25, 0.3) is 0 Å². The van der Waals surface area contributed by atoms with Crippen LogP contribution >= 0.6 is 0 Å². The average molecular weight is 460 g/mol. The lowest BCUT2D eigenvalue weighted by Crippen LogP contribution is -2.21. The fourth-order valence-corrected chi connectivity index (χ4v) is 2.78. The minimum atomic E-state index is -0.645. The number of carbonyl (C=O) groups excluding carboxylic acids is 2. The zero-order valence-corrected chi connectivity index (χ0v) is 17.3. The molecule has 0 saturated heterocycles. The van der Waals surface area contributed by atoms with Crippen molar-refractivity contribution in [3.8, 4) is 0 Å². The highest BCUT2D eigenvalue weighted by molar-refractivity contribution is 6.00. The van der Waals surface area contributed by atoms with E-state index < -0.39 is 21.7 Å². The number of nitrogens with zero attached hydrogens (tertiary/aromatic N) is 4. The minimum absolute atomic E-state index is 0.107. The van der Waals surface area contributed by atoms with Crippen LogP contribution in [0.3, 0.4) is 0 Å². The van der Waals surface area contributed by atoms with Gasteiger partial charge in [0.25, 0.3) is 23.2 Å². The van der Waals surface area contributed by atoms with Gasteiger partial charge in [0, 0.05) is 23.3 Å². The second-order valence-corrected chi connectivity index (χ2v) is 6.61. The number of amides is 2. The lowest BCUT2D eigenvalue weighted by Gasteiger charge is -2.04. The Hall–Kier alpha value is -5.26. The van der Waals surface area contributed by atoms with Gasteiger partial charge in [0.15, 0.2) is 0 Å². The first-order chi connectivity index (χ1) is 16.4. The maximum absolute atomic E-state index is 12.3. The van der Waals surface area contributed by atoms with E-state index in [2.05, 4.69) is 21.1 Å². The number of hydrogen-bond acceptors (Lipinski definition) is 8. The van der Waals surface area contributed by atoms with Gasteiger partial charge in [-0.1, -0.05) is 30.3 Å². The molecule has 0 radical (unpaired) electrons. The van der Waals surface area contributed by atoms with Crippen LogP contribution in [0.4, 0.5) is 11.4 Å². The highest BCUT2D eigenvalue weighted by atomic mass is 16.6. The van der Waals surface area contributed by atoms with E-state index >= 15 is 0 Å². The lowest BCUT2D eigenvalue weighted by atomic mass is 10.1. The van der Waals surface area contributed by atoms with Crippen molar-refractivity contribution in [1.82, 2.24) is 10.9 Å². The Balaban J connectivity index is 1.65. The quantitative estimate of drug-likeness (QED) is 0.297. The highest BCUT2D eigenvalue weighted by Crippen LogP contribution is 2.16. The molecular formula is C22H16N6O6. The molecule has 12 nitrogen and oxygen atoms in total. The van der Waals surface area contributed by atoms with E-state index in [4.69, 9.17) is 0 Å². The Kier molecular flexibility index (Phi) is 7.47. The Morgan fingerprint density at radius 1 is 0.676 bits per heavy atom. The molecule has 0 bridgehead atoms. The van der Waals surface area contributed by atoms with Gasteiger partial charge in [0.2, 0.25) is 0 Å². The summed E-state index contributed by atoms with van der Waals surface area (Å²) in [6, 6.07) is 17.4. The molecule has 0 aliphatic rings. The van der Waals surface area contributed by atoms with Gasteiger partial charge < -0.3 is 0 Å². The van der Waals surface area contributed by atoms with Crippen LogP contribution in [0.1, 0.15) is 31.8 Å². The van der Waals surface area contributed by atoms with Gasteiger partial charge in [0.05, 0.1) is 33.4 Å². The molecule has 0 spiro atoms. The SMILES string of the molecule is O=C(N/N=C\c1ccccc1[N+](=O)[O-])c1cccc(C(=O)N/N=C\c2ccccc2[N+](=O)[O-])c1. The number of nitrogens with one attached hydrogen (secondary N) is 2. The first-order valence-electron chi connectivity index (χ1n) is 9.60. The van der Waals surface area contributed by atoms with E-state index in [9.17, 15) is 29.8 Å². The molecule has 0 aliphatic carbocycles. The molecule has 0 atom stereocenters. The van der Waals surface area contributed by atoms with Gasteiger partial charge in [-0.3, -0.25) is 29.8 Å². The Morgan fingerprint density at radius 2 is 1.09 bits per heavy atom. The van der Waals surface area contributed by atoms with Gasteiger partial charge in [-0.05, 0) is 30.3 Å². The summed E-state index contributed by atoms with van der Waals surface area (Å²) in [5.74, 6) is -1.29. The largest absolute Gasteiger partial charge is 0.278 e. The third-order valence-corrected chi connectivity index (χ3v) is 4.39. The van der Waals surface area contributed by atoms with Crippen molar-refractivity contribution in [3.05, 3.63) is 115 Å². The molecule has 0 fully saturated rings. The second kappa shape index (κ2) is 10.9. The van der Waals surface area contributed by atoms with Crippen LogP contribution in [-0.4, -0.2) is 34.1 Å². The van der Waals surface area contributed by atoms with E-state index in [1.54, 1.807) is 12.1 Å². The van der Waals surface area contributed by atoms with Crippen molar-refractivity contribution in [1.29, 1.82) is 0 Å². The van der Waals surface area contributed by atoms with Gasteiger partial charge in [-0.2, -0.15) is 10.2 Å². The summed E-state index contributed by atoms with van der Waals surface area (Å²) in [5.41, 5.74) is 4.78. The molecule has 0 unspecified atom stereocenters. The van der Waals surface area contributed by atoms with Gasteiger partial charge >= 0.3 is 0 Å². The predicted octanol–water partition coefficient (Wildman–Crippen LogP) is 3.03. The van der Waals surface area contributed by atoms with Gasteiger partial charge in [-0.15, -0.1) is 0 Å². The monoisotopic (exact) mass is 460 g/mol. The van der Waals surface area contributed by atoms with Crippen LogP contribution in [0, 0.1) is 20.2 Å². The van der Waals surface area contributed by atoms with Crippen molar-refractivity contribution >= 4 is 35.6 Å². The summed E-state index contributed by atoms with van der Waals surface area (Å²) in [4.78, 5) is 45.6. The topological polar surface area (TPSA) is 169 Å². The zero-order valence-electron chi connectivity index (χ0n) is 17.3. The summed E-state index contributed by atoms with van der Waals surface area (Å²) in [6.45, 7) is 0. The number of hydrogen-bond donors (Lipinski definition) is 2. The Morgan fingerprint density at radius 3 is 1.50 bits per heavy atom. The molecule has 170 valence electrons. The predicted molar refractivity (Wildman–Crippen MR) is 123 cm³/mol. The number of rotatable bonds is 8. The number of benzene rings is 3. The Labute approximate surface area is 191 Å². The maximum atomic E-state index is 12.3. The average Bonchev–Trinajstić information content (AvgIpc) is 2.84. The summed E-state index contributed by atoms with van der Waals surface area (Å²) >= 11 is 0. The summed E-state index contributed by atoms with van der Waals surface area (Å²) in [5, 5.41) is 29.5. The molecule has 12 heteroatoms. The van der Waals surface area contributed by atoms with E-state index in [-0.39, 0.29) is 33.6 Å². The number of para-hydroxylation sites is 2. The van der Waals surface area contributed by atoms with E-state index in [1.807, 2.05) is 0 Å². The standard InChI is InChI=1S/C22H16N6O6/c29-21(25-23-13-17-6-1-3-10-19(17)27(31)32)15-8-5-9-16(12-15)22(30)26-24-14-18-7-2-4-11-20(18)28(33)34/h1-14H,(H,25,29)(H,26,30)/b23-13-,24-14-. The van der Waals surface area contributed by atoms with Gasteiger partial charge in [-0.25, -0.2) is 10.9 Å². The normalized spacial score (nSPS) is 10.8. The first-order valence-corrected chi connectivity index (χ1v) is 9.60. The van der Waals surface area contributed by atoms with Crippen LogP contribution in [-0.2, 0) is 0 Å².